The van der Waals surface area contributed by atoms with E-state index in [0.29, 0.717) is 94.7 Å². The fourth-order valence-corrected chi connectivity index (χ4v) is 26.6. The first kappa shape index (κ1) is 114. The van der Waals surface area contributed by atoms with Crippen LogP contribution < -0.4 is 0 Å². The third kappa shape index (κ3) is 31.4. The monoisotopic (exact) mass is 2220 g/mol. The molecular weight excluding hydrogens is 2090 g/mol. The molecule has 0 aliphatic carbocycles. The number of aliphatic hydroxyl groups excluding tert-OH is 1. The molecule has 3 aliphatic rings. The minimum Gasteiger partial charge on any atom is -0.417 e. The quantitative estimate of drug-likeness (QED) is 0.0293. The molecule has 3 heterocycles. The number of benzene rings is 5. The Hall–Kier alpha value is -2.80. The second-order valence-corrected chi connectivity index (χ2v) is 64.7. The Kier molecular flexibility index (Phi) is 44.2. The van der Waals surface area contributed by atoms with Gasteiger partial charge < -0.3 is 18.4 Å². The van der Waals surface area contributed by atoms with Crippen molar-refractivity contribution in [1.82, 2.24) is 0 Å². The molecule has 0 spiro atoms. The summed E-state index contributed by atoms with van der Waals surface area (Å²) in [6, 6.07) is 30.4. The fourth-order valence-electron chi connectivity index (χ4n) is 14.6. The van der Waals surface area contributed by atoms with Crippen LogP contribution in [0.3, 0.4) is 0 Å². The molecule has 2 bridgehead atoms. The number of alkyl halides is 1. The van der Waals surface area contributed by atoms with Gasteiger partial charge in [0.2, 0.25) is 0 Å². The van der Waals surface area contributed by atoms with Crippen LogP contribution in [-0.2, 0) is 65.1 Å². The summed E-state index contributed by atoms with van der Waals surface area (Å²) in [6.07, 6.45) is 4.70. The molecule has 6 unspecified atom stereocenters. The summed E-state index contributed by atoms with van der Waals surface area (Å²) in [5, 5.41) is 33.8. The highest BCUT2D eigenvalue weighted by molar-refractivity contribution is 9.11. The van der Waals surface area contributed by atoms with Crippen molar-refractivity contribution < 1.29 is 62.0 Å². The number of thioether (sulfide) groups is 2. The van der Waals surface area contributed by atoms with Gasteiger partial charge in [0, 0.05) is 106 Å². The highest BCUT2D eigenvalue weighted by atomic mass is 79.9. The highest BCUT2D eigenvalue weighted by Gasteiger charge is 2.57. The maximum absolute atomic E-state index is 14.5. The molecule has 1 N–H and O–H groups in total. The van der Waals surface area contributed by atoms with Crippen LogP contribution in [0.4, 0.5) is 22.0 Å². The summed E-state index contributed by atoms with van der Waals surface area (Å²) in [6.45, 7) is 55.5. The number of nitrogens with zero attached hydrogens (tertiary/aromatic N) is 5. The number of sulfone groups is 2. The Bertz CT molecular complexity index is 4720. The van der Waals surface area contributed by atoms with E-state index >= 15 is 0 Å². The Labute approximate surface area is 795 Å². The van der Waals surface area contributed by atoms with E-state index in [2.05, 4.69) is 247 Å². The van der Waals surface area contributed by atoms with Gasteiger partial charge >= 0.3 is 0 Å². The first-order valence-corrected chi connectivity index (χ1v) is 60.1. The molecule has 1 fully saturated rings. The molecule has 5 aromatic carbocycles. The summed E-state index contributed by atoms with van der Waals surface area (Å²) in [5.41, 5.74) is 0.0514. The van der Waals surface area contributed by atoms with Gasteiger partial charge in [0.1, 0.15) is 40.2 Å². The summed E-state index contributed by atoms with van der Waals surface area (Å²) in [5.74, 6) is -1.12. The van der Waals surface area contributed by atoms with Crippen molar-refractivity contribution in [3.8, 4) is 18.2 Å². The molecule has 3 aliphatic heterocycles. The van der Waals surface area contributed by atoms with Crippen molar-refractivity contribution in [2.45, 2.75) is 298 Å². The lowest BCUT2D eigenvalue weighted by Gasteiger charge is -2.39. The molecule has 8 rings (SSSR count). The van der Waals surface area contributed by atoms with Crippen LogP contribution in [0.5, 0.6) is 0 Å². The number of carbonyl (C=O) groups excluding carboxylic acids is 1. The number of aliphatic hydroxyl groups is 1. The first-order valence-electron chi connectivity index (χ1n) is 41.0. The van der Waals surface area contributed by atoms with E-state index in [9.17, 15) is 48.7 Å². The number of carbonyl (C=O) groups is 1. The van der Waals surface area contributed by atoms with Crippen LogP contribution in [-0.4, -0.2) is 133 Å². The zero-order valence-corrected chi connectivity index (χ0v) is 92.3. The average Bonchev–Trinajstić information content (AvgIpc) is 1.62. The maximum atomic E-state index is 14.5. The Morgan fingerprint density at radius 2 is 0.911 bits per heavy atom. The SMILES string of the molecule is CC(=O)SC(CCO[Si](C)(C)C(C)(C)C)C(C)(C)c1cc(Br)ccc1F.CC(C)(c1cc(Br)ccc1F)C(CCC#N)CCO[Si](C)(C)C(C)(C)C.CC(C)(c1cc(Br)ccc1F)C(CCO[Si](C)(C)C(C)(C)C)SCC#N.CC1=N[C@](C)(c2cc(Br)ccc2F)C(CCO)S(=O)(=O)C1.CC1=N[C@](C)(c2cc(Br)ccc2F)C2CCC1S2(=O)=O.N#CCBr. The molecule has 8 atom stereocenters. The van der Waals surface area contributed by atoms with E-state index in [1.54, 1.807) is 88.8 Å². The van der Waals surface area contributed by atoms with Gasteiger partial charge in [-0.15, -0.1) is 11.8 Å². The number of aliphatic imine (C=N–C) groups is 2. The normalized spacial score (nSPS) is 19.7. The van der Waals surface area contributed by atoms with Crippen LogP contribution in [0.15, 0.2) is 123 Å². The third-order valence-electron chi connectivity index (χ3n) is 25.1. The van der Waals surface area contributed by atoms with E-state index < -0.39 is 93.9 Å². The molecule has 32 heteroatoms. The average molecular weight is 2230 g/mol. The molecule has 123 heavy (non-hydrogen) atoms. The second-order valence-electron chi connectivity index (χ2n) is 38.1. The van der Waals surface area contributed by atoms with Crippen LogP contribution >= 0.6 is 119 Å². The van der Waals surface area contributed by atoms with Gasteiger partial charge in [-0.2, -0.15) is 15.8 Å². The lowest BCUT2D eigenvalue weighted by atomic mass is 9.70. The number of fused-ring (bicyclic) bond motifs is 2. The smallest absolute Gasteiger partial charge is 0.191 e. The third-order valence-corrected chi connectivity index (χ3v) is 49.6. The van der Waals surface area contributed by atoms with Crippen LogP contribution in [0.25, 0.3) is 0 Å². The van der Waals surface area contributed by atoms with Gasteiger partial charge in [-0.25, -0.2) is 38.8 Å². The van der Waals surface area contributed by atoms with E-state index in [1.807, 2.05) is 38.1 Å². The van der Waals surface area contributed by atoms with Gasteiger partial charge in [0.25, 0.3) is 0 Å². The van der Waals surface area contributed by atoms with Crippen LogP contribution in [0.1, 0.15) is 218 Å². The van der Waals surface area contributed by atoms with E-state index in [-0.39, 0.29) is 83.9 Å². The zero-order chi connectivity index (χ0) is 94.6. The molecule has 0 aromatic heterocycles. The van der Waals surface area contributed by atoms with E-state index in [1.165, 1.54) is 42.1 Å². The predicted molar refractivity (Wildman–Crippen MR) is 530 cm³/mol. The lowest BCUT2D eigenvalue weighted by Crippen LogP contribution is -2.48. The molecular formula is C91H130Br6F5N5O9S4Si3. The minimum absolute atomic E-state index is 0.0293. The van der Waals surface area contributed by atoms with Crippen molar-refractivity contribution in [2.75, 3.05) is 43.3 Å². The van der Waals surface area contributed by atoms with Gasteiger partial charge in [0.15, 0.2) is 49.7 Å². The lowest BCUT2D eigenvalue weighted by molar-refractivity contribution is -0.109. The summed E-state index contributed by atoms with van der Waals surface area (Å²) >= 11 is 22.7. The second kappa shape index (κ2) is 47.5. The largest absolute Gasteiger partial charge is 0.417 e. The van der Waals surface area contributed by atoms with Gasteiger partial charge in [-0.1, -0.05) is 211 Å². The Morgan fingerprint density at radius 1 is 0.545 bits per heavy atom. The number of hydrogen-bond donors (Lipinski definition) is 1. The first-order chi connectivity index (χ1) is 56.2. The highest BCUT2D eigenvalue weighted by Crippen LogP contribution is 2.50. The van der Waals surface area contributed by atoms with Crippen molar-refractivity contribution >= 4 is 180 Å². The van der Waals surface area contributed by atoms with Gasteiger partial charge in [-0.3, -0.25) is 14.8 Å². The standard InChI is InChI=1S/C21H33BrFNOSi.C20H31BrFNOSSi.C20H32BrFO2SSi.C14H17BrFNO3S.C14H15BrFNO2S.C2H2BrN/c1-20(2,3)26(6,7)25-14-12-16(9-8-13-24)21(4,5)18-15-17(22)10-11-19(18)23;1-19(2,3)26(6,7)24-12-10-18(25-13-11-23)20(4,5)16-14-15(21)8-9-17(16)22;1-14(23)25-18(11-12-24-26(7,8)19(2,3)4)20(5,6)16-13-15(21)9-10-17(16)22;1-9-8-21(19,20)13(5-6-18)14(2,17-9)11-7-10(15)3-4-12(11)16;1-8-12-5-6-13(20(12,18)19)14(2,17-8)10-7-9(15)3-4-11(10)16;3-1-2-4/h10-11,15-16H,8-9,12,14H2,1-7H3;8-9,14,18H,10,12-13H2,1-7H3;9-10,13,18H,11-12H2,1-8H3;3-4,7,13,18H,5-6,8H2,1-2H3;3-4,7,12-13H,5-6H2,1-2H3;1H2/t;;;13?,14-;12?,13?,14-;/m...11./s1. The number of nitriles is 3. The molecule has 14 nitrogen and oxygen atoms in total. The Balaban J connectivity index is 0.000000393. The van der Waals surface area contributed by atoms with E-state index in [4.69, 9.17) is 29.1 Å². The molecule has 686 valence electrons. The van der Waals surface area contributed by atoms with Crippen LogP contribution in [0, 0.1) is 69.0 Å². The van der Waals surface area contributed by atoms with Crippen molar-refractivity contribution in [3.05, 3.63) is 170 Å². The van der Waals surface area contributed by atoms with E-state index in [0.717, 1.165) is 37.2 Å². The molecule has 1 saturated heterocycles. The van der Waals surface area contributed by atoms with Crippen molar-refractivity contribution in [2.24, 2.45) is 15.9 Å². The molecule has 0 amide bonds. The topological polar surface area (TPSA) is 229 Å². The number of hydrogen-bond acceptors (Lipinski definition) is 16. The fraction of sp³-hybridized carbons (Fsp3) is 0.604. The minimum atomic E-state index is -3.49. The Morgan fingerprint density at radius 3 is 1.28 bits per heavy atom. The van der Waals surface area contributed by atoms with Crippen molar-refractivity contribution in [3.63, 3.8) is 0 Å². The summed E-state index contributed by atoms with van der Waals surface area (Å²) in [4.78, 5) is 20.9. The van der Waals surface area contributed by atoms with Crippen LogP contribution in [0.2, 0.25) is 54.4 Å². The number of rotatable bonds is 27. The molecule has 0 saturated carbocycles. The molecule has 5 aromatic rings. The predicted octanol–water partition coefficient (Wildman–Crippen LogP) is 27.6. The number of halogens is 11. The maximum Gasteiger partial charge on any atom is 0.191 e. The zero-order valence-electron chi connectivity index (χ0n) is 76.5. The summed E-state index contributed by atoms with van der Waals surface area (Å²) < 4.78 is 145. The summed E-state index contributed by atoms with van der Waals surface area (Å²) in [7, 11) is -12.2. The van der Waals surface area contributed by atoms with Gasteiger partial charge in [0.05, 0.1) is 50.8 Å². The van der Waals surface area contributed by atoms with Gasteiger partial charge in [-0.05, 0) is 246 Å². The van der Waals surface area contributed by atoms with Crippen molar-refractivity contribution in [1.29, 1.82) is 15.8 Å². The molecule has 0 radical (unpaired) electrons.